The molecular weight excluding hydrogens is 395 g/mol. The lowest BCUT2D eigenvalue weighted by molar-refractivity contribution is -0.384. The molecule has 3 rings (SSSR count). The van der Waals surface area contributed by atoms with Gasteiger partial charge < -0.3 is 9.64 Å². The van der Waals surface area contributed by atoms with Crippen molar-refractivity contribution in [2.24, 2.45) is 0 Å². The van der Waals surface area contributed by atoms with E-state index in [9.17, 15) is 23.3 Å². The highest BCUT2D eigenvalue weighted by molar-refractivity contribution is 7.09. The molecule has 11 heteroatoms. The number of aromatic nitrogens is 1. The van der Waals surface area contributed by atoms with Crippen LogP contribution in [0.3, 0.4) is 0 Å². The first-order valence-corrected chi connectivity index (χ1v) is 8.76. The van der Waals surface area contributed by atoms with Crippen LogP contribution in [0.5, 0.6) is 0 Å². The Labute approximate surface area is 155 Å². The summed E-state index contributed by atoms with van der Waals surface area (Å²) in [7, 11) is 0. The molecule has 2 aromatic rings. The summed E-state index contributed by atoms with van der Waals surface area (Å²) in [5, 5.41) is 13.3. The number of hydrogen-bond donors (Lipinski definition) is 0. The van der Waals surface area contributed by atoms with Crippen molar-refractivity contribution in [1.82, 2.24) is 4.98 Å². The van der Waals surface area contributed by atoms with Crippen molar-refractivity contribution in [2.75, 3.05) is 24.6 Å². The number of nitrogens with zero attached hydrogens (tertiary/aromatic N) is 3. The van der Waals surface area contributed by atoms with Gasteiger partial charge in [-0.3, -0.25) is 10.1 Å². The fourth-order valence-corrected chi connectivity index (χ4v) is 3.81. The van der Waals surface area contributed by atoms with Crippen LogP contribution in [0.1, 0.15) is 22.4 Å². The highest BCUT2D eigenvalue weighted by atomic mass is 35.5. The molecule has 0 spiro atoms. The number of hydrogen-bond acceptors (Lipinski definition) is 6. The van der Waals surface area contributed by atoms with Crippen LogP contribution in [0.15, 0.2) is 17.5 Å². The quantitative estimate of drug-likeness (QED) is 0.549. The van der Waals surface area contributed by atoms with Crippen LogP contribution >= 0.6 is 22.9 Å². The van der Waals surface area contributed by atoms with E-state index in [0.717, 1.165) is 11.8 Å². The molecule has 1 saturated heterocycles. The number of alkyl halides is 3. The second-order valence-corrected chi connectivity index (χ2v) is 7.01. The summed E-state index contributed by atoms with van der Waals surface area (Å²) >= 11 is 7.16. The fourth-order valence-electron chi connectivity index (χ4n) is 2.71. The molecule has 1 atom stereocenters. The Morgan fingerprint density at radius 2 is 2.19 bits per heavy atom. The second-order valence-electron chi connectivity index (χ2n) is 5.71. The zero-order valence-corrected chi connectivity index (χ0v) is 15.0. The Balaban J connectivity index is 1.97. The predicted octanol–water partition coefficient (Wildman–Crippen LogP) is 4.61. The molecule has 0 N–H and O–H groups in total. The van der Waals surface area contributed by atoms with Crippen molar-refractivity contribution in [1.29, 1.82) is 0 Å². The maximum Gasteiger partial charge on any atom is 0.418 e. The van der Waals surface area contributed by atoms with Gasteiger partial charge in [0.15, 0.2) is 0 Å². The summed E-state index contributed by atoms with van der Waals surface area (Å²) in [6.45, 7) is 2.62. The molecule has 0 saturated carbocycles. The Hall–Kier alpha value is -1.91. The number of anilines is 1. The van der Waals surface area contributed by atoms with Gasteiger partial charge in [-0.15, -0.1) is 11.3 Å². The van der Waals surface area contributed by atoms with Crippen molar-refractivity contribution in [3.8, 4) is 0 Å². The van der Waals surface area contributed by atoms with Gasteiger partial charge in [-0.2, -0.15) is 13.2 Å². The van der Waals surface area contributed by atoms with Crippen LogP contribution in [0.25, 0.3) is 0 Å². The van der Waals surface area contributed by atoms with E-state index < -0.39 is 33.5 Å². The number of nitro benzene ring substituents is 1. The van der Waals surface area contributed by atoms with Gasteiger partial charge in [-0.25, -0.2) is 4.98 Å². The van der Waals surface area contributed by atoms with E-state index in [1.165, 1.54) is 11.3 Å². The fraction of sp³-hybridized carbons (Fsp3) is 0.400. The number of rotatable bonds is 3. The average Bonchev–Trinajstić information content (AvgIpc) is 3.00. The van der Waals surface area contributed by atoms with Crippen LogP contribution in [0.2, 0.25) is 5.02 Å². The van der Waals surface area contributed by atoms with Crippen LogP contribution in [-0.4, -0.2) is 29.6 Å². The van der Waals surface area contributed by atoms with Crippen molar-refractivity contribution in [2.45, 2.75) is 19.2 Å². The van der Waals surface area contributed by atoms with Crippen LogP contribution in [0.4, 0.5) is 24.5 Å². The van der Waals surface area contributed by atoms with E-state index in [2.05, 4.69) is 4.98 Å². The predicted molar refractivity (Wildman–Crippen MR) is 90.9 cm³/mol. The molecule has 1 unspecified atom stereocenters. The smallest absolute Gasteiger partial charge is 0.367 e. The average molecular weight is 408 g/mol. The molecule has 1 aliphatic rings. The summed E-state index contributed by atoms with van der Waals surface area (Å²) in [5.41, 5.74) is -1.00. The van der Waals surface area contributed by atoms with Gasteiger partial charge in [-0.1, -0.05) is 11.6 Å². The Morgan fingerprint density at radius 1 is 1.46 bits per heavy atom. The summed E-state index contributed by atoms with van der Waals surface area (Å²) in [6, 6.07) is 1.48. The standard InChI is InChI=1S/C15H13ClF3N3O3S/c1-8-7-26-14(20-8)13-6-21(2-3-25-13)11-5-10(16)9(15(17,18)19)4-12(11)22(23)24/h4-5,7,13H,2-3,6H2,1H3. The van der Waals surface area contributed by atoms with Gasteiger partial charge in [0.25, 0.3) is 5.69 Å². The van der Waals surface area contributed by atoms with E-state index >= 15 is 0 Å². The summed E-state index contributed by atoms with van der Waals surface area (Å²) < 4.78 is 44.7. The van der Waals surface area contributed by atoms with E-state index in [4.69, 9.17) is 16.3 Å². The Morgan fingerprint density at radius 3 is 2.77 bits per heavy atom. The zero-order chi connectivity index (χ0) is 19.1. The largest absolute Gasteiger partial charge is 0.418 e. The monoisotopic (exact) mass is 407 g/mol. The van der Waals surface area contributed by atoms with Crippen LogP contribution in [0, 0.1) is 17.0 Å². The molecule has 0 aliphatic carbocycles. The van der Waals surface area contributed by atoms with E-state index in [0.29, 0.717) is 17.6 Å². The molecule has 1 fully saturated rings. The molecule has 2 heterocycles. The first-order chi connectivity index (χ1) is 12.2. The lowest BCUT2D eigenvalue weighted by Crippen LogP contribution is -2.38. The first-order valence-electron chi connectivity index (χ1n) is 7.50. The van der Waals surface area contributed by atoms with Crippen molar-refractivity contribution in [3.63, 3.8) is 0 Å². The molecule has 1 aromatic carbocycles. The number of nitro groups is 1. The van der Waals surface area contributed by atoms with Gasteiger partial charge in [0.2, 0.25) is 0 Å². The number of morpholine rings is 1. The van der Waals surface area contributed by atoms with E-state index in [1.807, 2.05) is 12.3 Å². The lowest BCUT2D eigenvalue weighted by Gasteiger charge is -2.33. The SMILES string of the molecule is Cc1csc(C2CN(c3cc(Cl)c(C(F)(F)F)cc3[N+](=O)[O-])CCO2)n1. The summed E-state index contributed by atoms with van der Waals surface area (Å²) in [5.74, 6) is 0. The lowest BCUT2D eigenvalue weighted by atomic mass is 10.1. The van der Waals surface area contributed by atoms with Crippen LogP contribution in [-0.2, 0) is 10.9 Å². The molecule has 26 heavy (non-hydrogen) atoms. The number of benzene rings is 1. The molecule has 140 valence electrons. The molecular formula is C15H13ClF3N3O3S. The molecule has 0 amide bonds. The highest BCUT2D eigenvalue weighted by Crippen LogP contribution is 2.42. The first kappa shape index (κ1) is 18.9. The molecule has 1 aliphatic heterocycles. The normalized spacial score (nSPS) is 18.2. The van der Waals surface area contributed by atoms with Crippen molar-refractivity contribution in [3.05, 3.63) is 48.9 Å². The van der Waals surface area contributed by atoms with Crippen molar-refractivity contribution >= 4 is 34.3 Å². The van der Waals surface area contributed by atoms with Gasteiger partial charge in [-0.05, 0) is 13.0 Å². The third-order valence-corrected chi connectivity index (χ3v) is 5.25. The highest BCUT2D eigenvalue weighted by Gasteiger charge is 2.37. The van der Waals surface area contributed by atoms with Gasteiger partial charge in [0.1, 0.15) is 16.8 Å². The minimum absolute atomic E-state index is 0.0366. The summed E-state index contributed by atoms with van der Waals surface area (Å²) in [4.78, 5) is 16.5. The second kappa shape index (κ2) is 7.01. The molecule has 0 radical (unpaired) electrons. The van der Waals surface area contributed by atoms with Gasteiger partial charge >= 0.3 is 6.18 Å². The third-order valence-electron chi connectivity index (χ3n) is 3.89. The van der Waals surface area contributed by atoms with E-state index in [-0.39, 0.29) is 18.8 Å². The molecule has 0 bridgehead atoms. The maximum absolute atomic E-state index is 13.0. The number of thiazole rings is 1. The minimum atomic E-state index is -4.77. The number of ether oxygens (including phenoxy) is 1. The van der Waals surface area contributed by atoms with E-state index in [1.54, 1.807) is 4.90 Å². The Bertz CT molecular complexity index is 843. The Kier molecular flexibility index (Phi) is 5.09. The zero-order valence-electron chi connectivity index (χ0n) is 13.4. The minimum Gasteiger partial charge on any atom is -0.367 e. The maximum atomic E-state index is 13.0. The molecule has 6 nitrogen and oxygen atoms in total. The topological polar surface area (TPSA) is 68.5 Å². The van der Waals surface area contributed by atoms with Crippen molar-refractivity contribution < 1.29 is 22.8 Å². The van der Waals surface area contributed by atoms with Gasteiger partial charge in [0, 0.05) is 23.7 Å². The van der Waals surface area contributed by atoms with Crippen LogP contribution < -0.4 is 4.90 Å². The molecule has 1 aromatic heterocycles. The van der Waals surface area contributed by atoms with Gasteiger partial charge in [0.05, 0.1) is 28.7 Å². The summed E-state index contributed by atoms with van der Waals surface area (Å²) in [6.07, 6.45) is -5.19. The number of aryl methyl sites for hydroxylation is 1. The number of halogens is 4. The third kappa shape index (κ3) is 3.76.